The van der Waals surface area contributed by atoms with Gasteiger partial charge in [-0.3, -0.25) is 9.78 Å². The maximum absolute atomic E-state index is 10.7. The van der Waals surface area contributed by atoms with Crippen molar-refractivity contribution in [1.82, 2.24) is 4.98 Å². The summed E-state index contributed by atoms with van der Waals surface area (Å²) in [6.07, 6.45) is 2.98. The van der Waals surface area contributed by atoms with E-state index < -0.39 is 5.91 Å². The van der Waals surface area contributed by atoms with Gasteiger partial charge in [-0.15, -0.1) is 0 Å². The molecule has 0 saturated carbocycles. The first-order valence-corrected chi connectivity index (χ1v) is 2.46. The monoisotopic (exact) mass is 123 g/mol. The molecule has 46 valence electrons. The van der Waals surface area contributed by atoms with Gasteiger partial charge in [0.05, 0.1) is 5.56 Å². The third kappa shape index (κ3) is 1.25. The zero-order valence-electron chi connectivity index (χ0n) is 5.66. The van der Waals surface area contributed by atoms with Gasteiger partial charge in [0.1, 0.15) is 0 Å². The Morgan fingerprint density at radius 1 is 1.89 bits per heavy atom. The molecule has 0 bridgehead atoms. The average Bonchev–Trinajstić information content (AvgIpc) is 2.05. The number of carbonyl (C=O) groups is 1. The van der Waals surface area contributed by atoms with Crippen LogP contribution in [0.2, 0.25) is 1.41 Å². The number of nitrogens with zero attached hydrogens (tertiary/aromatic N) is 1. The van der Waals surface area contributed by atoms with E-state index in [0.29, 0.717) is 5.56 Å². The predicted molar refractivity (Wildman–Crippen MR) is 32.8 cm³/mol. The van der Waals surface area contributed by atoms with E-state index in [1.165, 1.54) is 6.20 Å². The molecule has 9 heavy (non-hydrogen) atoms. The molecule has 0 aliphatic rings. The first-order chi connectivity index (χ1) is 4.84. The van der Waals surface area contributed by atoms with Crippen LogP contribution in [0.25, 0.3) is 0 Å². The second-order valence-electron chi connectivity index (χ2n) is 1.57. The van der Waals surface area contributed by atoms with Gasteiger partial charge in [0, 0.05) is 12.4 Å². The summed E-state index contributed by atoms with van der Waals surface area (Å²) in [5.41, 5.74) is 2.15. The van der Waals surface area contributed by atoms with Gasteiger partial charge < -0.3 is 5.73 Å². The highest BCUT2D eigenvalue weighted by atomic mass is 16.1. The molecule has 1 aromatic rings. The molecule has 3 nitrogen and oxygen atoms in total. The highest BCUT2D eigenvalue weighted by Gasteiger charge is 1.94. The summed E-state index contributed by atoms with van der Waals surface area (Å²) in [4.78, 5) is 14.4. The lowest BCUT2D eigenvalue weighted by atomic mass is 10.3. The molecule has 1 aromatic heterocycles. The van der Waals surface area contributed by atoms with Crippen molar-refractivity contribution >= 4 is 5.91 Å². The van der Waals surface area contributed by atoms with Gasteiger partial charge in [-0.2, -0.15) is 0 Å². The Hall–Kier alpha value is -1.38. The summed E-state index contributed by atoms with van der Waals surface area (Å²) >= 11 is 0. The third-order valence-electron chi connectivity index (χ3n) is 0.924. The number of carbonyl (C=O) groups excluding carboxylic acids is 1. The number of hydrogen-bond donors (Lipinski definition) is 1. The number of pyridine rings is 1. The topological polar surface area (TPSA) is 56.0 Å². The van der Waals surface area contributed by atoms with Crippen molar-refractivity contribution in [2.24, 2.45) is 5.73 Å². The standard InChI is InChI=1S/C6H6N2O/c7-6(9)5-2-1-3-8-4-5/h1-4H,(H2,7,9)/i/hD. The molecule has 0 fully saturated rings. The molecule has 0 radical (unpaired) electrons. The van der Waals surface area contributed by atoms with Crippen LogP contribution in [-0.2, 0) is 0 Å². The van der Waals surface area contributed by atoms with Crippen molar-refractivity contribution in [2.75, 3.05) is 0 Å². The van der Waals surface area contributed by atoms with Crippen molar-refractivity contribution in [3.8, 4) is 0 Å². The number of amides is 1. The molecular weight excluding hydrogens is 116 g/mol. The highest BCUT2D eigenvalue weighted by Crippen LogP contribution is 1.91. The lowest BCUT2D eigenvalue weighted by Gasteiger charge is -1.88. The highest BCUT2D eigenvalue weighted by molar-refractivity contribution is 5.92. The number of rotatable bonds is 1. The second kappa shape index (κ2) is 2.26. The van der Waals surface area contributed by atoms with Crippen LogP contribution in [-0.4, -0.2) is 10.9 Å². The molecule has 3 heteroatoms. The largest absolute Gasteiger partial charge is 0.366 e. The molecule has 0 aliphatic heterocycles. The van der Waals surface area contributed by atoms with E-state index in [1.54, 1.807) is 24.1 Å². The Labute approximate surface area is 54.0 Å². The minimum atomic E-state index is -0.437. The van der Waals surface area contributed by atoms with Crippen LogP contribution >= 0.6 is 0 Å². The zero-order chi connectivity index (χ0) is 7.40. The fourth-order valence-electron chi connectivity index (χ4n) is 0.497. The number of primary amides is 1. The van der Waals surface area contributed by atoms with Gasteiger partial charge in [0.2, 0.25) is 5.91 Å². The van der Waals surface area contributed by atoms with Gasteiger partial charge in [-0.25, -0.2) is 0 Å². The lowest BCUT2D eigenvalue weighted by molar-refractivity contribution is 0.1000. The molecule has 0 unspecified atom stereocenters. The van der Waals surface area contributed by atoms with E-state index in [4.69, 9.17) is 1.41 Å². The van der Waals surface area contributed by atoms with E-state index in [0.717, 1.165) is 0 Å². The molecule has 0 saturated heterocycles. The van der Waals surface area contributed by atoms with Crippen LogP contribution in [0.15, 0.2) is 24.5 Å². The maximum Gasteiger partial charge on any atom is 0.250 e. The maximum atomic E-state index is 10.7. The molecule has 0 atom stereocenters. The van der Waals surface area contributed by atoms with E-state index in [-0.39, 0.29) is 0 Å². The SMILES string of the molecule is [2H]NC(=O)c1cccnc1. The Balaban J connectivity index is 2.85. The van der Waals surface area contributed by atoms with E-state index in [1.807, 2.05) is 0 Å². The van der Waals surface area contributed by atoms with Crippen LogP contribution in [0.5, 0.6) is 0 Å². The normalized spacial score (nSPS) is 10.0. The Bertz CT molecular complexity index is 224. The number of hydrogen-bond acceptors (Lipinski definition) is 2. The molecule has 2 N–H and O–H groups in total. The number of aromatic nitrogens is 1. The minimum Gasteiger partial charge on any atom is -0.366 e. The Morgan fingerprint density at radius 3 is 3.33 bits per heavy atom. The molecule has 0 aliphatic carbocycles. The Morgan fingerprint density at radius 2 is 2.78 bits per heavy atom. The van der Waals surface area contributed by atoms with Gasteiger partial charge in [0.15, 0.2) is 1.41 Å². The van der Waals surface area contributed by atoms with Crippen LogP contribution in [0.3, 0.4) is 0 Å². The van der Waals surface area contributed by atoms with Gasteiger partial charge >= 0.3 is 0 Å². The summed E-state index contributed by atoms with van der Waals surface area (Å²) in [5.74, 6) is -0.437. The molecule has 1 rings (SSSR count). The fourth-order valence-corrected chi connectivity index (χ4v) is 0.497. The first kappa shape index (κ1) is 4.49. The molecule has 1 amide bonds. The molecule has 0 aromatic carbocycles. The van der Waals surface area contributed by atoms with E-state index in [2.05, 4.69) is 4.98 Å². The average molecular weight is 123 g/mol. The second-order valence-corrected chi connectivity index (χ2v) is 1.57. The smallest absolute Gasteiger partial charge is 0.250 e. The van der Waals surface area contributed by atoms with E-state index >= 15 is 0 Å². The van der Waals surface area contributed by atoms with Crippen molar-refractivity contribution < 1.29 is 6.21 Å². The van der Waals surface area contributed by atoms with Gasteiger partial charge in [-0.05, 0) is 12.1 Å². The summed E-state index contributed by atoms with van der Waals surface area (Å²) in [7, 11) is 0. The van der Waals surface area contributed by atoms with Crippen molar-refractivity contribution in [3.05, 3.63) is 30.1 Å². The van der Waals surface area contributed by atoms with Gasteiger partial charge in [0.25, 0.3) is 0 Å². The third-order valence-corrected chi connectivity index (χ3v) is 0.924. The molecule has 0 spiro atoms. The predicted octanol–water partition coefficient (Wildman–Crippen LogP) is 0.181. The fraction of sp³-hybridized carbons (Fsp3) is 0. The minimum absolute atomic E-state index is 0.400. The van der Waals surface area contributed by atoms with Gasteiger partial charge in [-0.1, -0.05) is 0 Å². The summed E-state index contributed by atoms with van der Waals surface area (Å²) in [5, 5.41) is 0. The molecule has 1 heterocycles. The summed E-state index contributed by atoms with van der Waals surface area (Å²) in [6, 6.07) is 3.24. The van der Waals surface area contributed by atoms with Crippen LogP contribution < -0.4 is 5.73 Å². The van der Waals surface area contributed by atoms with Crippen molar-refractivity contribution in [2.45, 2.75) is 0 Å². The van der Waals surface area contributed by atoms with Crippen molar-refractivity contribution in [3.63, 3.8) is 0 Å². The summed E-state index contributed by atoms with van der Waals surface area (Å²) in [6.45, 7) is 0. The van der Waals surface area contributed by atoms with E-state index in [9.17, 15) is 4.79 Å². The van der Waals surface area contributed by atoms with Crippen LogP contribution in [0.4, 0.5) is 0 Å². The van der Waals surface area contributed by atoms with Crippen LogP contribution in [0.1, 0.15) is 10.4 Å². The Kier molecular flexibility index (Phi) is 1.13. The molecular formula is C6H6N2O. The summed E-state index contributed by atoms with van der Waals surface area (Å²) < 4.78 is 6.52. The van der Waals surface area contributed by atoms with Crippen LogP contribution in [0, 0.1) is 0 Å². The first-order valence-electron chi connectivity index (χ1n) is 2.96. The zero-order valence-corrected chi connectivity index (χ0v) is 4.66. The quantitative estimate of drug-likeness (QED) is 0.579. The number of nitrogens with two attached hydrogens (primary N) is 1. The lowest BCUT2D eigenvalue weighted by Crippen LogP contribution is -2.10. The van der Waals surface area contributed by atoms with Crippen molar-refractivity contribution in [1.29, 1.82) is 0 Å².